The molecule has 0 amide bonds. The van der Waals surface area contributed by atoms with E-state index in [1.807, 2.05) is 24.3 Å². The van der Waals surface area contributed by atoms with Crippen LogP contribution in [0, 0.1) is 11.3 Å². The molecule has 0 heterocycles. The van der Waals surface area contributed by atoms with E-state index in [2.05, 4.69) is 37.9 Å². The van der Waals surface area contributed by atoms with Gasteiger partial charge in [-0.05, 0) is 62.2 Å². The summed E-state index contributed by atoms with van der Waals surface area (Å²) < 4.78 is 7.38. The van der Waals surface area contributed by atoms with E-state index in [-0.39, 0.29) is 0 Å². The fraction of sp³-hybridized carbons (Fsp3) is 0. The first-order valence-corrected chi connectivity index (χ1v) is 6.41. The van der Waals surface area contributed by atoms with Crippen molar-refractivity contribution in [2.45, 2.75) is 0 Å². The second kappa shape index (κ2) is 5.35. The van der Waals surface area contributed by atoms with E-state index >= 15 is 0 Å². The Labute approximate surface area is 116 Å². The molecule has 0 aliphatic carbocycles. The summed E-state index contributed by atoms with van der Waals surface area (Å²) in [5.41, 5.74) is 0.594. The molecule has 0 N–H and O–H groups in total. The zero-order valence-corrected chi connectivity index (χ0v) is 11.8. The van der Waals surface area contributed by atoms with E-state index in [4.69, 9.17) is 10.00 Å². The molecule has 0 fully saturated rings. The summed E-state index contributed by atoms with van der Waals surface area (Å²) in [5, 5.41) is 8.77. The molecular weight excluding hydrogens is 346 g/mol. The van der Waals surface area contributed by atoms with E-state index in [0.717, 1.165) is 14.7 Å². The maximum absolute atomic E-state index is 8.77. The van der Waals surface area contributed by atoms with Crippen molar-refractivity contribution < 1.29 is 4.74 Å². The Bertz CT molecular complexity index is 590. The maximum atomic E-state index is 8.77. The molecule has 0 aliphatic rings. The van der Waals surface area contributed by atoms with E-state index in [1.165, 1.54) is 0 Å². The largest absolute Gasteiger partial charge is 0.455 e. The monoisotopic (exact) mass is 351 g/mol. The van der Waals surface area contributed by atoms with Gasteiger partial charge in [0.25, 0.3) is 0 Å². The lowest BCUT2D eigenvalue weighted by molar-refractivity contribution is 0.476. The molecule has 2 nitrogen and oxygen atoms in total. The zero-order chi connectivity index (χ0) is 12.3. The lowest BCUT2D eigenvalue weighted by Gasteiger charge is -2.09. The van der Waals surface area contributed by atoms with Gasteiger partial charge in [-0.15, -0.1) is 0 Å². The quantitative estimate of drug-likeness (QED) is 0.771. The van der Waals surface area contributed by atoms with Crippen molar-refractivity contribution >= 4 is 31.9 Å². The molecule has 0 saturated carbocycles. The third kappa shape index (κ3) is 2.87. The van der Waals surface area contributed by atoms with Gasteiger partial charge in [-0.25, -0.2) is 0 Å². The van der Waals surface area contributed by atoms with Crippen LogP contribution in [0.5, 0.6) is 11.5 Å². The van der Waals surface area contributed by atoms with Crippen molar-refractivity contribution in [2.24, 2.45) is 0 Å². The minimum absolute atomic E-state index is 0.594. The second-order valence-corrected chi connectivity index (χ2v) is 5.00. The van der Waals surface area contributed by atoms with Gasteiger partial charge in [-0.1, -0.05) is 12.1 Å². The molecule has 0 unspecified atom stereocenters. The first-order chi connectivity index (χ1) is 8.20. The molecule has 17 heavy (non-hydrogen) atoms. The van der Waals surface area contributed by atoms with Crippen LogP contribution in [-0.2, 0) is 0 Å². The number of halogens is 2. The average Bonchev–Trinajstić information content (AvgIpc) is 2.34. The third-order valence-electron chi connectivity index (χ3n) is 2.12. The molecule has 0 bridgehead atoms. The van der Waals surface area contributed by atoms with Crippen molar-refractivity contribution in [1.82, 2.24) is 0 Å². The molecule has 0 aromatic heterocycles. The molecule has 4 heteroatoms. The fourth-order valence-corrected chi connectivity index (χ4v) is 2.12. The van der Waals surface area contributed by atoms with Crippen LogP contribution in [0.15, 0.2) is 51.4 Å². The van der Waals surface area contributed by atoms with Crippen LogP contribution in [0.1, 0.15) is 5.56 Å². The molecule has 0 saturated heterocycles. The Morgan fingerprint density at radius 3 is 2.29 bits per heavy atom. The number of ether oxygens (including phenoxy) is 1. The summed E-state index contributed by atoms with van der Waals surface area (Å²) in [6.45, 7) is 0. The van der Waals surface area contributed by atoms with Gasteiger partial charge < -0.3 is 4.74 Å². The highest BCUT2D eigenvalue weighted by atomic mass is 79.9. The predicted molar refractivity (Wildman–Crippen MR) is 73.1 cm³/mol. The van der Waals surface area contributed by atoms with Gasteiger partial charge in [0.2, 0.25) is 0 Å². The number of rotatable bonds is 2. The van der Waals surface area contributed by atoms with Gasteiger partial charge in [0.1, 0.15) is 11.5 Å². The van der Waals surface area contributed by atoms with E-state index in [9.17, 15) is 0 Å². The van der Waals surface area contributed by atoms with Crippen LogP contribution in [0.4, 0.5) is 0 Å². The minimum Gasteiger partial charge on any atom is -0.455 e. The highest BCUT2D eigenvalue weighted by molar-refractivity contribution is 9.11. The van der Waals surface area contributed by atoms with Gasteiger partial charge in [0.05, 0.1) is 20.6 Å². The molecule has 0 radical (unpaired) electrons. The van der Waals surface area contributed by atoms with Crippen molar-refractivity contribution in [3.05, 3.63) is 57.0 Å². The average molecular weight is 353 g/mol. The summed E-state index contributed by atoms with van der Waals surface area (Å²) in [6, 6.07) is 14.9. The standard InChI is InChI=1S/C13H7Br2NO/c14-10-3-1-2-4-12(10)17-13-6-5-9(8-16)7-11(13)15/h1-7H. The fourth-order valence-electron chi connectivity index (χ4n) is 1.30. The smallest absolute Gasteiger partial charge is 0.141 e. The summed E-state index contributed by atoms with van der Waals surface area (Å²) >= 11 is 6.79. The van der Waals surface area contributed by atoms with Crippen molar-refractivity contribution in [1.29, 1.82) is 5.26 Å². The maximum Gasteiger partial charge on any atom is 0.141 e. The predicted octanol–water partition coefficient (Wildman–Crippen LogP) is 4.88. The normalized spacial score (nSPS) is 9.71. The van der Waals surface area contributed by atoms with E-state index in [0.29, 0.717) is 11.3 Å². The Morgan fingerprint density at radius 1 is 0.941 bits per heavy atom. The van der Waals surface area contributed by atoms with Gasteiger partial charge in [-0.3, -0.25) is 0 Å². The first-order valence-electron chi connectivity index (χ1n) is 4.83. The molecule has 0 spiro atoms. The summed E-state index contributed by atoms with van der Waals surface area (Å²) in [4.78, 5) is 0. The molecule has 84 valence electrons. The molecule has 0 atom stereocenters. The Kier molecular flexibility index (Phi) is 3.82. The summed E-state index contributed by atoms with van der Waals surface area (Å²) in [7, 11) is 0. The third-order valence-corrected chi connectivity index (χ3v) is 3.39. The Hall–Kier alpha value is -1.31. The van der Waals surface area contributed by atoms with Crippen LogP contribution < -0.4 is 4.74 Å². The topological polar surface area (TPSA) is 33.0 Å². The Morgan fingerprint density at radius 2 is 1.65 bits per heavy atom. The van der Waals surface area contributed by atoms with Gasteiger partial charge in [0.15, 0.2) is 0 Å². The van der Waals surface area contributed by atoms with Gasteiger partial charge in [0, 0.05) is 0 Å². The number of nitrogens with zero attached hydrogens (tertiary/aromatic N) is 1. The minimum atomic E-state index is 0.594. The van der Waals surface area contributed by atoms with Gasteiger partial charge >= 0.3 is 0 Å². The van der Waals surface area contributed by atoms with E-state index in [1.54, 1.807) is 18.2 Å². The van der Waals surface area contributed by atoms with Gasteiger partial charge in [-0.2, -0.15) is 5.26 Å². The van der Waals surface area contributed by atoms with Crippen molar-refractivity contribution in [3.63, 3.8) is 0 Å². The molecule has 0 aliphatic heterocycles. The number of nitriles is 1. The van der Waals surface area contributed by atoms with Crippen LogP contribution in [0.25, 0.3) is 0 Å². The van der Waals surface area contributed by atoms with Crippen LogP contribution in [0.3, 0.4) is 0 Å². The second-order valence-electron chi connectivity index (χ2n) is 3.29. The highest BCUT2D eigenvalue weighted by Gasteiger charge is 2.06. The molecule has 2 rings (SSSR count). The Balaban J connectivity index is 2.32. The molecular formula is C13H7Br2NO. The number of benzene rings is 2. The molecule has 2 aromatic carbocycles. The zero-order valence-electron chi connectivity index (χ0n) is 8.65. The lowest BCUT2D eigenvalue weighted by Crippen LogP contribution is -1.87. The lowest BCUT2D eigenvalue weighted by atomic mass is 10.2. The number of para-hydroxylation sites is 1. The van der Waals surface area contributed by atoms with Crippen LogP contribution in [-0.4, -0.2) is 0 Å². The molecule has 2 aromatic rings. The van der Waals surface area contributed by atoms with Crippen LogP contribution in [0.2, 0.25) is 0 Å². The van der Waals surface area contributed by atoms with Crippen LogP contribution >= 0.6 is 31.9 Å². The number of hydrogen-bond donors (Lipinski definition) is 0. The summed E-state index contributed by atoms with van der Waals surface area (Å²) in [6.07, 6.45) is 0. The van der Waals surface area contributed by atoms with Crippen molar-refractivity contribution in [3.8, 4) is 17.6 Å². The van der Waals surface area contributed by atoms with E-state index < -0.39 is 0 Å². The summed E-state index contributed by atoms with van der Waals surface area (Å²) in [5.74, 6) is 1.41. The number of hydrogen-bond acceptors (Lipinski definition) is 2. The first kappa shape index (κ1) is 12.2. The SMILES string of the molecule is N#Cc1ccc(Oc2ccccc2Br)c(Br)c1. The van der Waals surface area contributed by atoms with Crippen molar-refractivity contribution in [2.75, 3.05) is 0 Å². The highest BCUT2D eigenvalue weighted by Crippen LogP contribution is 2.33.